The monoisotopic (exact) mass is 326 g/mol. The Kier molecular flexibility index (Phi) is 3.88. The Morgan fingerprint density at radius 2 is 2.00 bits per heavy atom. The highest BCUT2D eigenvalue weighted by molar-refractivity contribution is 5.63. The van der Waals surface area contributed by atoms with E-state index in [2.05, 4.69) is 34.4 Å². The van der Waals surface area contributed by atoms with E-state index in [1.165, 1.54) is 12.8 Å². The lowest BCUT2D eigenvalue weighted by Crippen LogP contribution is -2.16. The number of benzene rings is 1. The number of nitrogens with one attached hydrogen (secondary N) is 2. The molecule has 0 amide bonds. The molecule has 1 aliphatic carbocycles. The molecule has 1 atom stereocenters. The van der Waals surface area contributed by atoms with Gasteiger partial charge in [-0.2, -0.15) is 4.98 Å². The molecule has 1 aliphatic heterocycles. The van der Waals surface area contributed by atoms with E-state index in [1.807, 2.05) is 24.3 Å². The maximum Gasteiger partial charge on any atom is 0.231 e. The van der Waals surface area contributed by atoms with E-state index in [0.717, 1.165) is 35.1 Å². The molecular formula is C18H22N4O2. The molecular weight excluding hydrogens is 304 g/mol. The number of hydrogen-bond acceptors (Lipinski definition) is 6. The summed E-state index contributed by atoms with van der Waals surface area (Å²) in [4.78, 5) is 9.29. The van der Waals surface area contributed by atoms with Gasteiger partial charge in [0.2, 0.25) is 12.7 Å². The molecule has 4 rings (SSSR count). The maximum absolute atomic E-state index is 5.43. The summed E-state index contributed by atoms with van der Waals surface area (Å²) in [5.74, 6) is 3.60. The van der Waals surface area contributed by atoms with Gasteiger partial charge in [-0.1, -0.05) is 6.92 Å². The Bertz CT molecular complexity index is 746. The van der Waals surface area contributed by atoms with E-state index < -0.39 is 0 Å². The molecule has 1 aromatic heterocycles. The first-order chi connectivity index (χ1) is 11.7. The summed E-state index contributed by atoms with van der Waals surface area (Å²) in [5.41, 5.74) is 2.04. The van der Waals surface area contributed by atoms with Crippen molar-refractivity contribution in [1.29, 1.82) is 0 Å². The second-order valence-electron chi connectivity index (χ2n) is 6.42. The van der Waals surface area contributed by atoms with Gasteiger partial charge in [-0.05, 0) is 38.3 Å². The van der Waals surface area contributed by atoms with Crippen LogP contribution in [0.15, 0.2) is 24.3 Å². The molecule has 0 saturated heterocycles. The molecule has 1 saturated carbocycles. The summed E-state index contributed by atoms with van der Waals surface area (Å²) in [6, 6.07) is 8.20. The Hall–Kier alpha value is -2.50. The molecule has 2 N–H and O–H groups in total. The van der Waals surface area contributed by atoms with Gasteiger partial charge >= 0.3 is 0 Å². The predicted molar refractivity (Wildman–Crippen MR) is 93.2 cm³/mol. The summed E-state index contributed by atoms with van der Waals surface area (Å²) >= 11 is 0. The highest BCUT2D eigenvalue weighted by atomic mass is 16.7. The van der Waals surface area contributed by atoms with Crippen LogP contribution in [0.5, 0.6) is 11.5 Å². The number of hydrogen-bond donors (Lipinski definition) is 2. The maximum atomic E-state index is 5.43. The highest BCUT2D eigenvalue weighted by Gasteiger charge is 2.26. The van der Waals surface area contributed by atoms with Gasteiger partial charge in [0.1, 0.15) is 5.82 Å². The smallest absolute Gasteiger partial charge is 0.231 e. The van der Waals surface area contributed by atoms with Crippen LogP contribution < -0.4 is 20.1 Å². The van der Waals surface area contributed by atoms with Crippen LogP contribution in [-0.2, 0) is 0 Å². The summed E-state index contributed by atoms with van der Waals surface area (Å²) in [6.45, 7) is 4.56. The third-order valence-electron chi connectivity index (χ3n) is 4.37. The first-order valence-corrected chi connectivity index (χ1v) is 8.53. The van der Waals surface area contributed by atoms with Crippen molar-refractivity contribution < 1.29 is 9.47 Å². The summed E-state index contributed by atoms with van der Waals surface area (Å²) < 4.78 is 10.8. The fourth-order valence-corrected chi connectivity index (χ4v) is 2.63. The van der Waals surface area contributed by atoms with Crippen LogP contribution in [0.1, 0.15) is 44.7 Å². The second-order valence-corrected chi connectivity index (χ2v) is 6.42. The molecule has 6 heteroatoms. The van der Waals surface area contributed by atoms with Gasteiger partial charge in [-0.15, -0.1) is 0 Å². The van der Waals surface area contributed by atoms with E-state index in [9.17, 15) is 0 Å². The Morgan fingerprint density at radius 1 is 1.17 bits per heavy atom. The number of anilines is 3. The molecule has 2 aromatic rings. The van der Waals surface area contributed by atoms with Gasteiger partial charge in [0.25, 0.3) is 0 Å². The van der Waals surface area contributed by atoms with E-state index in [-0.39, 0.29) is 6.79 Å². The van der Waals surface area contributed by atoms with Gasteiger partial charge < -0.3 is 20.1 Å². The number of aromatic nitrogens is 2. The molecule has 0 radical (unpaired) electrons. The van der Waals surface area contributed by atoms with Crippen LogP contribution in [0.3, 0.4) is 0 Å². The normalized spacial score (nSPS) is 16.8. The molecule has 1 fully saturated rings. The lowest BCUT2D eigenvalue weighted by molar-refractivity contribution is 0.174. The fourth-order valence-electron chi connectivity index (χ4n) is 2.63. The van der Waals surface area contributed by atoms with Crippen molar-refractivity contribution in [3.63, 3.8) is 0 Å². The van der Waals surface area contributed by atoms with Crippen molar-refractivity contribution in [1.82, 2.24) is 9.97 Å². The van der Waals surface area contributed by atoms with Gasteiger partial charge in [0.15, 0.2) is 11.5 Å². The van der Waals surface area contributed by atoms with E-state index in [4.69, 9.17) is 9.47 Å². The zero-order valence-electron chi connectivity index (χ0n) is 14.0. The van der Waals surface area contributed by atoms with Crippen LogP contribution in [0.25, 0.3) is 0 Å². The molecule has 0 spiro atoms. The van der Waals surface area contributed by atoms with E-state index >= 15 is 0 Å². The van der Waals surface area contributed by atoms with Crippen molar-refractivity contribution in [2.75, 3.05) is 17.4 Å². The summed E-state index contributed by atoms with van der Waals surface area (Å²) in [5, 5.41) is 6.74. The van der Waals surface area contributed by atoms with Crippen molar-refractivity contribution >= 4 is 17.5 Å². The molecule has 2 aliphatic rings. The lowest BCUT2D eigenvalue weighted by Gasteiger charge is -2.14. The van der Waals surface area contributed by atoms with Crippen LogP contribution in [0.2, 0.25) is 0 Å². The van der Waals surface area contributed by atoms with Crippen LogP contribution >= 0.6 is 0 Å². The molecule has 6 nitrogen and oxygen atoms in total. The lowest BCUT2D eigenvalue weighted by atomic mass is 10.2. The van der Waals surface area contributed by atoms with Crippen molar-refractivity contribution in [3.05, 3.63) is 30.0 Å². The zero-order valence-corrected chi connectivity index (χ0v) is 14.0. The van der Waals surface area contributed by atoms with Crippen LogP contribution in [-0.4, -0.2) is 22.8 Å². The minimum absolute atomic E-state index is 0.279. The first-order valence-electron chi connectivity index (χ1n) is 8.53. The predicted octanol–water partition coefficient (Wildman–Crippen LogP) is 4.04. The molecule has 24 heavy (non-hydrogen) atoms. The first kappa shape index (κ1) is 15.1. The van der Waals surface area contributed by atoms with Crippen molar-refractivity contribution in [3.8, 4) is 11.5 Å². The Balaban J connectivity index is 1.59. The average Bonchev–Trinajstić information content (AvgIpc) is 3.33. The van der Waals surface area contributed by atoms with E-state index in [0.29, 0.717) is 17.9 Å². The third kappa shape index (κ3) is 3.22. The standard InChI is InChI=1S/C18H22N4O2/c1-3-11(2)19-18-21-14(12-4-5-12)9-17(22-18)20-13-6-7-15-16(8-13)24-10-23-15/h6-9,11-12H,3-5,10H2,1-2H3,(H2,19,20,21,22)/t11-/m1/s1. The van der Waals surface area contributed by atoms with Crippen molar-refractivity contribution in [2.45, 2.75) is 45.1 Å². The second kappa shape index (κ2) is 6.19. The SMILES string of the molecule is CC[C@@H](C)Nc1nc(Nc2ccc3c(c2)OCO3)cc(C2CC2)n1. The third-order valence-corrected chi connectivity index (χ3v) is 4.37. The average molecular weight is 326 g/mol. The van der Waals surface area contributed by atoms with Crippen LogP contribution in [0.4, 0.5) is 17.5 Å². The quantitative estimate of drug-likeness (QED) is 0.835. The highest BCUT2D eigenvalue weighted by Crippen LogP contribution is 2.40. The molecule has 1 aromatic carbocycles. The van der Waals surface area contributed by atoms with Gasteiger partial charge in [0, 0.05) is 29.8 Å². The van der Waals surface area contributed by atoms with E-state index in [1.54, 1.807) is 0 Å². The minimum atomic E-state index is 0.279. The summed E-state index contributed by atoms with van der Waals surface area (Å²) in [6.07, 6.45) is 3.45. The molecule has 0 bridgehead atoms. The number of nitrogens with zero attached hydrogens (tertiary/aromatic N) is 2. The topological polar surface area (TPSA) is 68.3 Å². The Labute approximate surface area is 141 Å². The van der Waals surface area contributed by atoms with Gasteiger partial charge in [-0.25, -0.2) is 4.98 Å². The molecule has 0 unspecified atom stereocenters. The largest absolute Gasteiger partial charge is 0.454 e. The molecule has 126 valence electrons. The Morgan fingerprint density at radius 3 is 2.79 bits per heavy atom. The summed E-state index contributed by atoms with van der Waals surface area (Å²) in [7, 11) is 0. The fraction of sp³-hybridized carbons (Fsp3) is 0.444. The molecule has 2 heterocycles. The van der Waals surface area contributed by atoms with Gasteiger partial charge in [-0.3, -0.25) is 0 Å². The number of rotatable bonds is 6. The van der Waals surface area contributed by atoms with Crippen molar-refractivity contribution in [2.24, 2.45) is 0 Å². The minimum Gasteiger partial charge on any atom is -0.454 e. The number of fused-ring (bicyclic) bond motifs is 1. The van der Waals surface area contributed by atoms with Gasteiger partial charge in [0.05, 0.1) is 5.69 Å². The van der Waals surface area contributed by atoms with Crippen LogP contribution in [0, 0.1) is 0 Å². The zero-order chi connectivity index (χ0) is 16.5. The number of ether oxygens (including phenoxy) is 2.